The zero-order valence-electron chi connectivity index (χ0n) is 18.0. The van der Waals surface area contributed by atoms with Gasteiger partial charge in [0.1, 0.15) is 0 Å². The van der Waals surface area contributed by atoms with E-state index in [4.69, 9.17) is 9.72 Å². The summed E-state index contributed by atoms with van der Waals surface area (Å²) in [4.78, 5) is 35.6. The lowest BCUT2D eigenvalue weighted by molar-refractivity contribution is -0.137. The van der Waals surface area contributed by atoms with Crippen molar-refractivity contribution in [2.75, 3.05) is 50.8 Å². The molecule has 0 bridgehead atoms. The predicted molar refractivity (Wildman–Crippen MR) is 119 cm³/mol. The Balaban J connectivity index is 1.32. The second-order valence-corrected chi connectivity index (χ2v) is 9.21. The van der Waals surface area contributed by atoms with E-state index in [1.807, 2.05) is 4.90 Å². The van der Waals surface area contributed by atoms with Crippen LogP contribution >= 0.6 is 11.3 Å². The Bertz CT molecular complexity index is 928. The topological polar surface area (TPSA) is 66.0 Å². The fourth-order valence-corrected chi connectivity index (χ4v) is 5.59. The molecule has 0 N–H and O–H groups in total. The summed E-state index contributed by atoms with van der Waals surface area (Å²) in [5.74, 6) is 0.294. The van der Waals surface area contributed by atoms with Crippen molar-refractivity contribution in [3.8, 4) is 0 Å². The number of aryl methyl sites for hydroxylation is 2. The van der Waals surface area contributed by atoms with E-state index >= 15 is 0 Å². The van der Waals surface area contributed by atoms with Crippen LogP contribution in [0.4, 0.5) is 9.93 Å². The first-order valence-corrected chi connectivity index (χ1v) is 11.6. The Morgan fingerprint density at radius 3 is 2.40 bits per heavy atom. The first kappa shape index (κ1) is 20.9. The zero-order valence-corrected chi connectivity index (χ0v) is 18.8. The Morgan fingerprint density at radius 2 is 1.73 bits per heavy atom. The highest BCUT2D eigenvalue weighted by atomic mass is 32.1. The van der Waals surface area contributed by atoms with Gasteiger partial charge in [-0.25, -0.2) is 9.78 Å². The summed E-state index contributed by atoms with van der Waals surface area (Å²) in [6.07, 6.45) is 1.43. The van der Waals surface area contributed by atoms with Crippen molar-refractivity contribution >= 4 is 38.7 Å². The number of hydrogen-bond acceptors (Lipinski definition) is 6. The van der Waals surface area contributed by atoms with Gasteiger partial charge >= 0.3 is 6.09 Å². The number of anilines is 1. The van der Waals surface area contributed by atoms with E-state index in [-0.39, 0.29) is 17.9 Å². The van der Waals surface area contributed by atoms with Gasteiger partial charge in [-0.05, 0) is 50.8 Å². The lowest BCUT2D eigenvalue weighted by Gasteiger charge is -2.38. The molecular formula is C22H30N4O3S. The van der Waals surface area contributed by atoms with Crippen LogP contribution in [0.25, 0.3) is 10.2 Å². The number of hydrogen-bond donors (Lipinski definition) is 0. The van der Waals surface area contributed by atoms with E-state index in [1.54, 1.807) is 23.2 Å². The van der Waals surface area contributed by atoms with E-state index in [1.165, 1.54) is 15.8 Å². The number of amides is 2. The molecule has 3 heterocycles. The van der Waals surface area contributed by atoms with Crippen LogP contribution in [0.15, 0.2) is 12.1 Å². The second kappa shape index (κ2) is 8.79. The summed E-state index contributed by atoms with van der Waals surface area (Å²) in [5.41, 5.74) is 3.58. The minimum Gasteiger partial charge on any atom is -0.450 e. The molecule has 2 aliphatic heterocycles. The minimum absolute atomic E-state index is 0.0637. The first-order valence-electron chi connectivity index (χ1n) is 10.8. The summed E-state index contributed by atoms with van der Waals surface area (Å²) in [5, 5.41) is 1.06. The van der Waals surface area contributed by atoms with Gasteiger partial charge in [0, 0.05) is 45.2 Å². The Labute approximate surface area is 181 Å². The number of carbonyl (C=O) groups excluding carboxylic acids is 2. The van der Waals surface area contributed by atoms with Crippen LogP contribution in [-0.4, -0.2) is 72.7 Å². The SMILES string of the molecule is CCOC(=O)N1CCN(C(=O)C2CCN(c3nc4c(C)cc(C)cc4s3)CC2)CC1. The van der Waals surface area contributed by atoms with Gasteiger partial charge in [0.15, 0.2) is 5.13 Å². The van der Waals surface area contributed by atoms with E-state index in [0.29, 0.717) is 32.8 Å². The molecule has 0 saturated carbocycles. The Kier molecular flexibility index (Phi) is 6.13. The molecule has 2 fully saturated rings. The van der Waals surface area contributed by atoms with Crippen molar-refractivity contribution in [3.05, 3.63) is 23.3 Å². The third-order valence-corrected chi connectivity index (χ3v) is 7.11. The van der Waals surface area contributed by atoms with Gasteiger partial charge in [-0.2, -0.15) is 0 Å². The van der Waals surface area contributed by atoms with Crippen LogP contribution < -0.4 is 4.90 Å². The van der Waals surface area contributed by atoms with Crippen molar-refractivity contribution in [1.82, 2.24) is 14.8 Å². The van der Waals surface area contributed by atoms with E-state index < -0.39 is 0 Å². The molecule has 4 rings (SSSR count). The lowest BCUT2D eigenvalue weighted by atomic mass is 9.95. The van der Waals surface area contributed by atoms with Gasteiger partial charge in [0.2, 0.25) is 5.91 Å². The largest absolute Gasteiger partial charge is 0.450 e. The standard InChI is InChI=1S/C22H30N4O3S/c1-4-29-22(28)26-11-9-24(10-12-26)20(27)17-5-7-25(8-6-17)21-23-19-16(3)13-15(2)14-18(19)30-21/h13-14,17H,4-12H2,1-3H3. The quantitative estimate of drug-likeness (QED) is 0.746. The molecule has 0 aliphatic carbocycles. The highest BCUT2D eigenvalue weighted by molar-refractivity contribution is 7.22. The van der Waals surface area contributed by atoms with Gasteiger partial charge < -0.3 is 19.4 Å². The zero-order chi connectivity index (χ0) is 21.3. The maximum absolute atomic E-state index is 13.0. The molecule has 0 radical (unpaired) electrons. The number of piperidine rings is 1. The summed E-state index contributed by atoms with van der Waals surface area (Å²) in [6, 6.07) is 4.38. The Hall–Kier alpha value is -2.35. The molecule has 2 aromatic rings. The van der Waals surface area contributed by atoms with E-state index in [9.17, 15) is 9.59 Å². The summed E-state index contributed by atoms with van der Waals surface area (Å²) < 4.78 is 6.29. The van der Waals surface area contributed by atoms with Crippen LogP contribution in [-0.2, 0) is 9.53 Å². The van der Waals surface area contributed by atoms with Gasteiger partial charge in [-0.1, -0.05) is 17.4 Å². The van der Waals surface area contributed by atoms with E-state index in [2.05, 4.69) is 30.9 Å². The fraction of sp³-hybridized carbons (Fsp3) is 0.591. The normalized spacial score (nSPS) is 18.2. The molecule has 1 aromatic heterocycles. The molecule has 8 heteroatoms. The number of fused-ring (bicyclic) bond motifs is 1. The number of piperazine rings is 1. The van der Waals surface area contributed by atoms with Crippen LogP contribution in [0.5, 0.6) is 0 Å². The van der Waals surface area contributed by atoms with Gasteiger partial charge in [-0.15, -0.1) is 0 Å². The number of thiazole rings is 1. The molecular weight excluding hydrogens is 400 g/mol. The minimum atomic E-state index is -0.279. The molecule has 2 amide bonds. The number of rotatable bonds is 3. The van der Waals surface area contributed by atoms with Gasteiger partial charge in [0.25, 0.3) is 0 Å². The molecule has 7 nitrogen and oxygen atoms in total. The second-order valence-electron chi connectivity index (χ2n) is 8.20. The molecule has 0 spiro atoms. The average molecular weight is 431 g/mol. The van der Waals surface area contributed by atoms with Crippen molar-refractivity contribution < 1.29 is 14.3 Å². The van der Waals surface area contributed by atoms with Crippen LogP contribution in [0.1, 0.15) is 30.9 Å². The number of carbonyl (C=O) groups is 2. The Morgan fingerprint density at radius 1 is 1.07 bits per heavy atom. The highest BCUT2D eigenvalue weighted by Gasteiger charge is 2.32. The average Bonchev–Trinajstić information content (AvgIpc) is 3.18. The van der Waals surface area contributed by atoms with Gasteiger partial charge in [-0.3, -0.25) is 4.79 Å². The van der Waals surface area contributed by atoms with E-state index in [0.717, 1.165) is 36.6 Å². The number of benzene rings is 1. The number of aromatic nitrogens is 1. The van der Waals surface area contributed by atoms with Crippen LogP contribution in [0.3, 0.4) is 0 Å². The van der Waals surface area contributed by atoms with Gasteiger partial charge in [0.05, 0.1) is 16.8 Å². The fourth-order valence-electron chi connectivity index (χ4n) is 4.39. The third kappa shape index (κ3) is 4.24. The third-order valence-electron chi connectivity index (χ3n) is 6.05. The molecule has 1 aromatic carbocycles. The predicted octanol–water partition coefficient (Wildman–Crippen LogP) is 3.43. The summed E-state index contributed by atoms with van der Waals surface area (Å²) in [7, 11) is 0. The van der Waals surface area contributed by atoms with Crippen molar-refractivity contribution in [2.45, 2.75) is 33.6 Å². The van der Waals surface area contributed by atoms with Crippen molar-refractivity contribution in [2.24, 2.45) is 5.92 Å². The molecule has 2 saturated heterocycles. The summed E-state index contributed by atoms with van der Waals surface area (Å²) in [6.45, 7) is 10.4. The lowest BCUT2D eigenvalue weighted by Crippen LogP contribution is -2.53. The molecule has 2 aliphatic rings. The van der Waals surface area contributed by atoms with Crippen molar-refractivity contribution in [1.29, 1.82) is 0 Å². The maximum atomic E-state index is 13.0. The molecule has 162 valence electrons. The highest BCUT2D eigenvalue weighted by Crippen LogP contribution is 2.34. The maximum Gasteiger partial charge on any atom is 0.409 e. The molecule has 0 atom stereocenters. The summed E-state index contributed by atoms with van der Waals surface area (Å²) >= 11 is 1.75. The molecule has 0 unspecified atom stereocenters. The molecule has 30 heavy (non-hydrogen) atoms. The smallest absolute Gasteiger partial charge is 0.409 e. The monoisotopic (exact) mass is 430 g/mol. The van der Waals surface area contributed by atoms with Crippen LogP contribution in [0.2, 0.25) is 0 Å². The number of nitrogens with zero attached hydrogens (tertiary/aromatic N) is 4. The van der Waals surface area contributed by atoms with Crippen molar-refractivity contribution in [3.63, 3.8) is 0 Å². The number of ether oxygens (including phenoxy) is 1. The van der Waals surface area contributed by atoms with Crippen LogP contribution in [0, 0.1) is 19.8 Å². The first-order chi connectivity index (χ1) is 14.5.